The third-order valence-electron chi connectivity index (χ3n) is 3.46. The van der Waals surface area contributed by atoms with Crippen LogP contribution in [0.4, 0.5) is 8.78 Å². The Morgan fingerprint density at radius 3 is 2.77 bits per heavy atom. The Labute approximate surface area is 134 Å². The van der Waals surface area contributed by atoms with Crippen LogP contribution >= 0.6 is 12.4 Å². The highest BCUT2D eigenvalue weighted by Crippen LogP contribution is 2.31. The van der Waals surface area contributed by atoms with Crippen LogP contribution in [-0.4, -0.2) is 25.1 Å². The number of nitrogens with one attached hydrogen (secondary N) is 1. The number of amides is 1. The molecule has 1 aliphatic carbocycles. The number of hydrogen-bond acceptors (Lipinski definition) is 3. The number of carbonyl (C=O) groups is 1. The van der Waals surface area contributed by atoms with E-state index in [-0.39, 0.29) is 36.7 Å². The lowest BCUT2D eigenvalue weighted by molar-refractivity contribution is -0.121. The van der Waals surface area contributed by atoms with Gasteiger partial charge in [-0.1, -0.05) is 0 Å². The zero-order valence-corrected chi connectivity index (χ0v) is 13.0. The van der Waals surface area contributed by atoms with Gasteiger partial charge in [-0.3, -0.25) is 4.79 Å². The summed E-state index contributed by atoms with van der Waals surface area (Å²) in [5.74, 6) is -0.932. The molecule has 124 valence electrons. The summed E-state index contributed by atoms with van der Waals surface area (Å²) in [6.07, 6.45) is 3.05. The predicted molar refractivity (Wildman–Crippen MR) is 82.0 cm³/mol. The minimum absolute atomic E-state index is 0. The van der Waals surface area contributed by atoms with Gasteiger partial charge in [-0.05, 0) is 37.3 Å². The predicted octanol–water partition coefficient (Wildman–Crippen LogP) is 2.40. The Kier molecular flexibility index (Phi) is 7.55. The topological polar surface area (TPSA) is 64.3 Å². The average molecular weight is 335 g/mol. The standard InChI is InChI=1S/C15H20F2N2O2.ClH/c16-11-5-6-14(12(17)8-11)21-7-1-2-15(20)19-9-13(18)10-3-4-10;/h5-6,8,10,13H,1-4,7,9,18H2,(H,19,20);1H. The molecule has 0 saturated heterocycles. The molecule has 22 heavy (non-hydrogen) atoms. The Morgan fingerprint density at radius 2 is 2.14 bits per heavy atom. The van der Waals surface area contributed by atoms with Crippen molar-refractivity contribution < 1.29 is 18.3 Å². The fraction of sp³-hybridized carbons (Fsp3) is 0.533. The maximum Gasteiger partial charge on any atom is 0.220 e. The molecule has 1 atom stereocenters. The molecule has 4 nitrogen and oxygen atoms in total. The molecular weight excluding hydrogens is 314 g/mol. The molecule has 1 aromatic rings. The van der Waals surface area contributed by atoms with E-state index < -0.39 is 11.6 Å². The monoisotopic (exact) mass is 334 g/mol. The van der Waals surface area contributed by atoms with Crippen molar-refractivity contribution in [3.8, 4) is 5.75 Å². The molecular formula is C15H21ClF2N2O2. The molecule has 1 aliphatic rings. The minimum atomic E-state index is -0.741. The first-order chi connectivity index (χ1) is 10.1. The number of rotatable bonds is 8. The quantitative estimate of drug-likeness (QED) is 0.717. The van der Waals surface area contributed by atoms with E-state index in [1.807, 2.05) is 0 Å². The lowest BCUT2D eigenvalue weighted by Crippen LogP contribution is -2.38. The normalized spacial score (nSPS) is 14.9. The van der Waals surface area contributed by atoms with Gasteiger partial charge in [0.2, 0.25) is 5.91 Å². The van der Waals surface area contributed by atoms with Crippen molar-refractivity contribution in [3.63, 3.8) is 0 Å². The van der Waals surface area contributed by atoms with E-state index in [9.17, 15) is 13.6 Å². The highest BCUT2D eigenvalue weighted by molar-refractivity contribution is 5.85. The highest BCUT2D eigenvalue weighted by atomic mass is 35.5. The first-order valence-corrected chi connectivity index (χ1v) is 7.16. The first kappa shape index (κ1) is 18.6. The summed E-state index contributed by atoms with van der Waals surface area (Å²) in [4.78, 5) is 11.6. The summed E-state index contributed by atoms with van der Waals surface area (Å²) >= 11 is 0. The largest absolute Gasteiger partial charge is 0.491 e. The summed E-state index contributed by atoms with van der Waals surface area (Å²) < 4.78 is 31.1. The molecule has 1 saturated carbocycles. The molecule has 0 bridgehead atoms. The van der Waals surface area contributed by atoms with E-state index in [0.717, 1.165) is 25.0 Å². The minimum Gasteiger partial charge on any atom is -0.491 e. The Bertz CT molecular complexity index is 498. The van der Waals surface area contributed by atoms with Crippen molar-refractivity contribution in [3.05, 3.63) is 29.8 Å². The van der Waals surface area contributed by atoms with E-state index in [1.165, 1.54) is 6.07 Å². The lowest BCUT2D eigenvalue weighted by Gasteiger charge is -2.11. The van der Waals surface area contributed by atoms with Crippen LogP contribution in [0.25, 0.3) is 0 Å². The van der Waals surface area contributed by atoms with Crippen molar-refractivity contribution in [2.24, 2.45) is 11.7 Å². The molecule has 2 rings (SSSR count). The van der Waals surface area contributed by atoms with Gasteiger partial charge in [0.1, 0.15) is 5.82 Å². The number of hydrogen-bond donors (Lipinski definition) is 2. The first-order valence-electron chi connectivity index (χ1n) is 7.16. The van der Waals surface area contributed by atoms with Gasteiger partial charge in [-0.25, -0.2) is 8.78 Å². The fourth-order valence-electron chi connectivity index (χ4n) is 2.02. The SMILES string of the molecule is Cl.NC(CNC(=O)CCCOc1ccc(F)cc1F)C1CC1. The van der Waals surface area contributed by atoms with Crippen molar-refractivity contribution >= 4 is 18.3 Å². The fourth-order valence-corrected chi connectivity index (χ4v) is 2.02. The second-order valence-corrected chi connectivity index (χ2v) is 5.33. The van der Waals surface area contributed by atoms with Crippen LogP contribution in [0, 0.1) is 17.6 Å². The van der Waals surface area contributed by atoms with E-state index in [0.29, 0.717) is 25.3 Å². The molecule has 0 spiro atoms. The molecule has 0 heterocycles. The van der Waals surface area contributed by atoms with E-state index in [1.54, 1.807) is 0 Å². The van der Waals surface area contributed by atoms with Crippen molar-refractivity contribution in [1.82, 2.24) is 5.32 Å². The summed E-state index contributed by atoms with van der Waals surface area (Å²) in [6.45, 7) is 0.696. The van der Waals surface area contributed by atoms with Gasteiger partial charge >= 0.3 is 0 Å². The number of halogens is 3. The van der Waals surface area contributed by atoms with E-state index in [4.69, 9.17) is 10.5 Å². The van der Waals surface area contributed by atoms with Gasteiger partial charge in [0.25, 0.3) is 0 Å². The van der Waals surface area contributed by atoms with Gasteiger partial charge in [-0.2, -0.15) is 0 Å². The second-order valence-electron chi connectivity index (χ2n) is 5.33. The number of ether oxygens (including phenoxy) is 1. The molecule has 7 heteroatoms. The maximum absolute atomic E-state index is 13.3. The molecule has 3 N–H and O–H groups in total. The van der Waals surface area contributed by atoms with Gasteiger partial charge in [-0.15, -0.1) is 12.4 Å². The average Bonchev–Trinajstić information content (AvgIpc) is 3.27. The molecule has 1 fully saturated rings. The van der Waals surface area contributed by atoms with Crippen molar-refractivity contribution in [2.45, 2.75) is 31.7 Å². The zero-order chi connectivity index (χ0) is 15.2. The molecule has 1 amide bonds. The van der Waals surface area contributed by atoms with E-state index >= 15 is 0 Å². The van der Waals surface area contributed by atoms with Gasteiger partial charge in [0.05, 0.1) is 6.61 Å². The molecule has 1 unspecified atom stereocenters. The number of nitrogens with two attached hydrogens (primary N) is 1. The Hall–Kier alpha value is -1.40. The third kappa shape index (κ3) is 6.15. The van der Waals surface area contributed by atoms with Crippen LogP contribution in [0.15, 0.2) is 18.2 Å². The van der Waals surface area contributed by atoms with Gasteiger partial charge < -0.3 is 15.8 Å². The second kappa shape index (κ2) is 8.90. The van der Waals surface area contributed by atoms with Crippen LogP contribution in [0.3, 0.4) is 0 Å². The molecule has 0 aliphatic heterocycles. The molecule has 1 aromatic carbocycles. The van der Waals surface area contributed by atoms with Crippen molar-refractivity contribution in [1.29, 1.82) is 0 Å². The van der Waals surface area contributed by atoms with Crippen LogP contribution < -0.4 is 15.8 Å². The van der Waals surface area contributed by atoms with Crippen LogP contribution in [-0.2, 0) is 4.79 Å². The number of carbonyl (C=O) groups excluding carboxylic acids is 1. The van der Waals surface area contributed by atoms with Crippen molar-refractivity contribution in [2.75, 3.05) is 13.2 Å². The number of benzene rings is 1. The Balaban J connectivity index is 0.00000242. The Morgan fingerprint density at radius 1 is 1.41 bits per heavy atom. The van der Waals surface area contributed by atoms with Gasteiger partial charge in [0, 0.05) is 25.1 Å². The third-order valence-corrected chi connectivity index (χ3v) is 3.46. The van der Waals surface area contributed by atoms with Crippen LogP contribution in [0.2, 0.25) is 0 Å². The van der Waals surface area contributed by atoms with Gasteiger partial charge in [0.15, 0.2) is 11.6 Å². The summed E-state index contributed by atoms with van der Waals surface area (Å²) in [7, 11) is 0. The zero-order valence-electron chi connectivity index (χ0n) is 12.2. The summed E-state index contributed by atoms with van der Waals surface area (Å²) in [5.41, 5.74) is 5.88. The molecule has 0 radical (unpaired) electrons. The summed E-state index contributed by atoms with van der Waals surface area (Å²) in [5, 5.41) is 2.78. The van der Waals surface area contributed by atoms with E-state index in [2.05, 4.69) is 5.32 Å². The van der Waals surface area contributed by atoms with Crippen LogP contribution in [0.1, 0.15) is 25.7 Å². The summed E-state index contributed by atoms with van der Waals surface area (Å²) in [6, 6.07) is 3.17. The lowest BCUT2D eigenvalue weighted by atomic mass is 10.2. The molecule has 0 aromatic heterocycles. The smallest absolute Gasteiger partial charge is 0.220 e. The van der Waals surface area contributed by atoms with Crippen LogP contribution in [0.5, 0.6) is 5.75 Å². The maximum atomic E-state index is 13.3. The highest BCUT2D eigenvalue weighted by Gasteiger charge is 2.28.